The molecule has 0 radical (unpaired) electrons. The van der Waals surface area contributed by atoms with Crippen LogP contribution in [0.15, 0.2) is 41.4 Å². The predicted octanol–water partition coefficient (Wildman–Crippen LogP) is 4.86. The molecule has 0 aliphatic carbocycles. The van der Waals surface area contributed by atoms with Gasteiger partial charge in [-0.1, -0.05) is 58.0 Å². The predicted molar refractivity (Wildman–Crippen MR) is 78.9 cm³/mol. The Bertz CT molecular complexity index is 648. The van der Waals surface area contributed by atoms with Crippen LogP contribution in [-0.2, 0) is 5.41 Å². The molecule has 0 N–H and O–H groups in total. The second kappa shape index (κ2) is 3.68. The quantitative estimate of drug-likeness (QED) is 0.671. The van der Waals surface area contributed by atoms with Crippen LogP contribution in [0.25, 0.3) is 10.8 Å². The van der Waals surface area contributed by atoms with Crippen LogP contribution in [0.2, 0.25) is 0 Å². The molecule has 2 aromatic carbocycles. The number of nitrogens with zero attached hydrogens (tertiary/aromatic N) is 1. The van der Waals surface area contributed by atoms with Gasteiger partial charge in [0.25, 0.3) is 0 Å². The highest BCUT2D eigenvalue weighted by Crippen LogP contribution is 2.45. The summed E-state index contributed by atoms with van der Waals surface area (Å²) in [5.74, 6) is 0.492. The average molecular weight is 237 g/mol. The summed E-state index contributed by atoms with van der Waals surface area (Å²) in [7, 11) is 0. The second-order valence-corrected chi connectivity index (χ2v) is 5.96. The van der Waals surface area contributed by atoms with Crippen molar-refractivity contribution in [3.8, 4) is 0 Å². The zero-order chi connectivity index (χ0) is 12.9. The summed E-state index contributed by atoms with van der Waals surface area (Å²) in [6.07, 6.45) is 0. The van der Waals surface area contributed by atoms with E-state index in [0.717, 1.165) is 5.69 Å². The van der Waals surface area contributed by atoms with Crippen molar-refractivity contribution >= 4 is 22.2 Å². The number of hydrogen-bond donors (Lipinski definition) is 0. The summed E-state index contributed by atoms with van der Waals surface area (Å²) in [6.45, 7) is 9.05. The number of rotatable bonds is 1. The van der Waals surface area contributed by atoms with Crippen LogP contribution in [0.5, 0.6) is 0 Å². The van der Waals surface area contributed by atoms with Crippen molar-refractivity contribution in [3.63, 3.8) is 0 Å². The Morgan fingerprint density at radius 3 is 2.44 bits per heavy atom. The van der Waals surface area contributed by atoms with Crippen LogP contribution in [0.1, 0.15) is 33.3 Å². The van der Waals surface area contributed by atoms with E-state index in [2.05, 4.69) is 64.1 Å². The van der Waals surface area contributed by atoms with E-state index in [-0.39, 0.29) is 5.41 Å². The molecule has 0 aromatic heterocycles. The number of fused-ring (bicyclic) bond motifs is 3. The van der Waals surface area contributed by atoms with Crippen molar-refractivity contribution in [1.29, 1.82) is 0 Å². The van der Waals surface area contributed by atoms with Gasteiger partial charge in [-0.3, -0.25) is 4.99 Å². The topological polar surface area (TPSA) is 12.4 Å². The molecule has 1 heteroatoms. The van der Waals surface area contributed by atoms with Crippen LogP contribution in [0, 0.1) is 5.92 Å². The molecule has 18 heavy (non-hydrogen) atoms. The van der Waals surface area contributed by atoms with Gasteiger partial charge in [0.1, 0.15) is 0 Å². The van der Waals surface area contributed by atoms with Crippen molar-refractivity contribution < 1.29 is 0 Å². The van der Waals surface area contributed by atoms with Crippen molar-refractivity contribution in [3.05, 3.63) is 42.0 Å². The molecule has 3 rings (SSSR count). The molecule has 0 unspecified atom stereocenters. The molecule has 0 atom stereocenters. The molecular weight excluding hydrogens is 218 g/mol. The standard InChI is InChI=1S/C17H19N/c1-11(2)16-17(3,4)15-13-8-6-5-7-12(13)9-10-14(15)18-16/h5-11H,1-4H3. The van der Waals surface area contributed by atoms with Crippen molar-refractivity contribution in [2.24, 2.45) is 10.9 Å². The Hall–Kier alpha value is -1.63. The van der Waals surface area contributed by atoms with Gasteiger partial charge in [0.05, 0.1) is 5.69 Å². The zero-order valence-corrected chi connectivity index (χ0v) is 11.5. The lowest BCUT2D eigenvalue weighted by molar-refractivity contribution is 0.685. The van der Waals surface area contributed by atoms with Crippen molar-refractivity contribution in [2.45, 2.75) is 33.1 Å². The first kappa shape index (κ1) is 11.5. The third kappa shape index (κ3) is 1.43. The summed E-state index contributed by atoms with van der Waals surface area (Å²) in [4.78, 5) is 4.87. The molecule has 0 saturated heterocycles. The van der Waals surface area contributed by atoms with Crippen molar-refractivity contribution in [2.75, 3.05) is 0 Å². The van der Waals surface area contributed by atoms with Crippen LogP contribution < -0.4 is 0 Å². The minimum atomic E-state index is 0.0460. The monoisotopic (exact) mass is 237 g/mol. The summed E-state index contributed by atoms with van der Waals surface area (Å²) < 4.78 is 0. The molecule has 0 bridgehead atoms. The summed E-state index contributed by atoms with van der Waals surface area (Å²) in [6, 6.07) is 13.0. The number of aliphatic imine (C=N–C) groups is 1. The first-order valence-corrected chi connectivity index (χ1v) is 6.63. The molecule has 1 nitrogen and oxygen atoms in total. The van der Waals surface area contributed by atoms with E-state index in [1.54, 1.807) is 0 Å². The fraction of sp³-hybridized carbons (Fsp3) is 0.353. The highest BCUT2D eigenvalue weighted by Gasteiger charge is 2.37. The maximum atomic E-state index is 4.87. The van der Waals surface area contributed by atoms with E-state index in [1.165, 1.54) is 22.0 Å². The molecular formula is C17H19N. The molecule has 1 heterocycles. The molecule has 1 aliphatic heterocycles. The molecule has 2 aromatic rings. The lowest BCUT2D eigenvalue weighted by Crippen LogP contribution is -2.29. The maximum absolute atomic E-state index is 4.87. The van der Waals surface area contributed by atoms with Gasteiger partial charge in [0.2, 0.25) is 0 Å². The SMILES string of the molecule is CC(C)C1=Nc2ccc3ccccc3c2C1(C)C. The molecule has 0 spiro atoms. The van der Waals surface area contributed by atoms with Crippen LogP contribution >= 0.6 is 0 Å². The van der Waals surface area contributed by atoms with Gasteiger partial charge in [-0.15, -0.1) is 0 Å². The average Bonchev–Trinajstić information content (AvgIpc) is 2.61. The van der Waals surface area contributed by atoms with Gasteiger partial charge >= 0.3 is 0 Å². The minimum Gasteiger partial charge on any atom is -0.256 e. The van der Waals surface area contributed by atoms with E-state index >= 15 is 0 Å². The van der Waals surface area contributed by atoms with Gasteiger partial charge in [-0.25, -0.2) is 0 Å². The fourth-order valence-electron chi connectivity index (χ4n) is 3.26. The third-order valence-corrected chi connectivity index (χ3v) is 3.96. The summed E-state index contributed by atoms with van der Waals surface area (Å²) in [5.41, 5.74) is 3.89. The van der Waals surface area contributed by atoms with E-state index in [9.17, 15) is 0 Å². The van der Waals surface area contributed by atoms with Crippen LogP contribution in [0.4, 0.5) is 5.69 Å². The minimum absolute atomic E-state index is 0.0460. The molecule has 0 amide bonds. The summed E-state index contributed by atoms with van der Waals surface area (Å²) >= 11 is 0. The third-order valence-electron chi connectivity index (χ3n) is 3.96. The van der Waals surface area contributed by atoms with Gasteiger partial charge < -0.3 is 0 Å². The Morgan fingerprint density at radius 1 is 1.00 bits per heavy atom. The highest BCUT2D eigenvalue weighted by molar-refractivity contribution is 6.07. The van der Waals surface area contributed by atoms with Gasteiger partial charge in [-0.05, 0) is 28.3 Å². The Balaban J connectivity index is 2.33. The Morgan fingerprint density at radius 2 is 1.72 bits per heavy atom. The first-order chi connectivity index (χ1) is 8.51. The van der Waals surface area contributed by atoms with E-state index < -0.39 is 0 Å². The van der Waals surface area contributed by atoms with Crippen LogP contribution in [-0.4, -0.2) is 5.71 Å². The smallest absolute Gasteiger partial charge is 0.0677 e. The zero-order valence-electron chi connectivity index (χ0n) is 11.5. The fourth-order valence-corrected chi connectivity index (χ4v) is 3.26. The van der Waals surface area contributed by atoms with Gasteiger partial charge in [-0.2, -0.15) is 0 Å². The van der Waals surface area contributed by atoms with Gasteiger partial charge in [0.15, 0.2) is 0 Å². The lowest BCUT2D eigenvalue weighted by atomic mass is 9.76. The normalized spacial score (nSPS) is 17.1. The largest absolute Gasteiger partial charge is 0.256 e. The first-order valence-electron chi connectivity index (χ1n) is 6.63. The number of benzene rings is 2. The molecule has 0 fully saturated rings. The van der Waals surface area contributed by atoms with E-state index in [1.807, 2.05) is 0 Å². The molecule has 92 valence electrons. The highest BCUT2D eigenvalue weighted by atomic mass is 14.8. The van der Waals surface area contributed by atoms with Crippen molar-refractivity contribution in [1.82, 2.24) is 0 Å². The van der Waals surface area contributed by atoms with Crippen LogP contribution in [0.3, 0.4) is 0 Å². The van der Waals surface area contributed by atoms with E-state index in [4.69, 9.17) is 4.99 Å². The lowest BCUT2D eigenvalue weighted by Gasteiger charge is -2.25. The Labute approximate surface area is 109 Å². The van der Waals surface area contributed by atoms with Gasteiger partial charge in [0, 0.05) is 11.1 Å². The van der Waals surface area contributed by atoms with E-state index in [0.29, 0.717) is 5.92 Å². The maximum Gasteiger partial charge on any atom is 0.0677 e. The molecule has 1 aliphatic rings. The second-order valence-electron chi connectivity index (χ2n) is 5.96. The Kier molecular flexibility index (Phi) is 2.34. The number of hydrogen-bond acceptors (Lipinski definition) is 1. The molecule has 0 saturated carbocycles. The summed E-state index contributed by atoms with van der Waals surface area (Å²) in [5, 5.41) is 2.66.